The number of benzene rings is 3. The van der Waals surface area contributed by atoms with Gasteiger partial charge in [-0.3, -0.25) is 0 Å². The maximum absolute atomic E-state index is 9.99. The minimum atomic E-state index is -0.699. The summed E-state index contributed by atoms with van der Waals surface area (Å²) in [7, 11) is 0. The maximum Gasteiger partial charge on any atom is 0.143 e. The van der Waals surface area contributed by atoms with Crippen molar-refractivity contribution in [2.75, 3.05) is 6.61 Å². The van der Waals surface area contributed by atoms with E-state index in [0.29, 0.717) is 24.9 Å². The first-order valence-corrected chi connectivity index (χ1v) is 12.5. The van der Waals surface area contributed by atoms with Gasteiger partial charge in [-0.25, -0.2) is 0 Å². The van der Waals surface area contributed by atoms with Crippen molar-refractivity contribution in [3.63, 3.8) is 0 Å². The number of allylic oxidation sites excluding steroid dienone is 3. The van der Waals surface area contributed by atoms with Crippen LogP contribution in [0.1, 0.15) is 42.9 Å². The lowest BCUT2D eigenvalue weighted by Gasteiger charge is -2.36. The van der Waals surface area contributed by atoms with Crippen LogP contribution in [0, 0.1) is 11.8 Å². The molecule has 0 radical (unpaired) electrons. The van der Waals surface area contributed by atoms with E-state index in [4.69, 9.17) is 4.74 Å². The molecule has 3 rings (SSSR count). The Hall–Kier alpha value is -3.20. The van der Waals surface area contributed by atoms with E-state index in [1.54, 1.807) is 6.08 Å². The molecule has 0 aliphatic heterocycles. The summed E-state index contributed by atoms with van der Waals surface area (Å²) in [5, 5.41) is 9.99. The zero-order valence-corrected chi connectivity index (χ0v) is 20.8. The number of rotatable bonds is 14. The van der Waals surface area contributed by atoms with Gasteiger partial charge in [-0.1, -0.05) is 129 Å². The fourth-order valence-electron chi connectivity index (χ4n) is 4.65. The van der Waals surface area contributed by atoms with Gasteiger partial charge in [-0.05, 0) is 47.8 Å². The predicted molar refractivity (Wildman–Crippen MR) is 147 cm³/mol. The van der Waals surface area contributed by atoms with Crippen molar-refractivity contribution < 1.29 is 9.84 Å². The normalized spacial score (nSPS) is 14.3. The molecule has 182 valence electrons. The molecule has 35 heavy (non-hydrogen) atoms. The fourth-order valence-corrected chi connectivity index (χ4v) is 4.65. The minimum Gasteiger partial charge on any atom is -0.389 e. The maximum atomic E-state index is 9.99. The molecular weight excluding hydrogens is 428 g/mol. The first-order valence-electron chi connectivity index (χ1n) is 12.5. The molecule has 0 heterocycles. The smallest absolute Gasteiger partial charge is 0.143 e. The molecule has 3 atom stereocenters. The van der Waals surface area contributed by atoms with E-state index >= 15 is 0 Å². The van der Waals surface area contributed by atoms with E-state index in [1.807, 2.05) is 30.4 Å². The highest BCUT2D eigenvalue weighted by Gasteiger charge is 2.37. The van der Waals surface area contributed by atoms with Crippen LogP contribution in [-0.2, 0) is 10.3 Å². The standard InChI is InChI=1S/C33H38O2/c1-4-6-16-28(23-24-32(34)5-2)27(3)25-26-35-33(29-17-10-7-11-18-29,30-19-12-8-13-20-30)31-21-14-9-15-22-31/h4-22,27-28,32,34H,1-2,23-26H2,3H3/b16-6+/t27-,28+,32?/m0/s1. The van der Waals surface area contributed by atoms with Crippen LogP contribution in [0.2, 0.25) is 0 Å². The molecule has 0 spiro atoms. The van der Waals surface area contributed by atoms with Gasteiger partial charge >= 0.3 is 0 Å². The molecule has 0 aliphatic rings. The molecule has 1 unspecified atom stereocenters. The summed E-state index contributed by atoms with van der Waals surface area (Å²) in [6, 6.07) is 31.5. The summed E-state index contributed by atoms with van der Waals surface area (Å²) < 4.78 is 6.95. The summed E-state index contributed by atoms with van der Waals surface area (Å²) in [6.07, 6.45) is 9.63. The van der Waals surface area contributed by atoms with E-state index in [9.17, 15) is 5.11 Å². The summed E-state index contributed by atoms with van der Waals surface area (Å²) in [5.41, 5.74) is 2.64. The third kappa shape index (κ3) is 6.91. The van der Waals surface area contributed by atoms with Gasteiger partial charge in [-0.15, -0.1) is 6.58 Å². The molecule has 2 heteroatoms. The number of aliphatic hydroxyl groups is 1. The summed E-state index contributed by atoms with van der Waals surface area (Å²) >= 11 is 0. The van der Waals surface area contributed by atoms with Crippen LogP contribution in [0.15, 0.2) is 128 Å². The summed E-state index contributed by atoms with van der Waals surface area (Å²) in [5.74, 6) is 0.703. The monoisotopic (exact) mass is 466 g/mol. The Balaban J connectivity index is 1.89. The first-order chi connectivity index (χ1) is 17.1. The Bertz CT molecular complexity index is 944. The van der Waals surface area contributed by atoms with Gasteiger partial charge in [0.2, 0.25) is 0 Å². The molecule has 0 saturated carbocycles. The molecule has 0 bridgehead atoms. The number of ether oxygens (including phenoxy) is 1. The van der Waals surface area contributed by atoms with Gasteiger partial charge in [0.25, 0.3) is 0 Å². The van der Waals surface area contributed by atoms with Gasteiger partial charge in [0.1, 0.15) is 5.60 Å². The number of aliphatic hydroxyl groups excluding tert-OH is 1. The highest BCUT2D eigenvalue weighted by atomic mass is 16.5. The van der Waals surface area contributed by atoms with Gasteiger partial charge in [0.05, 0.1) is 6.10 Å². The van der Waals surface area contributed by atoms with Crippen LogP contribution in [0.4, 0.5) is 0 Å². The Morgan fingerprint density at radius 2 is 1.26 bits per heavy atom. The van der Waals surface area contributed by atoms with Crippen molar-refractivity contribution in [2.45, 2.75) is 37.9 Å². The average Bonchev–Trinajstić information content (AvgIpc) is 2.92. The zero-order valence-electron chi connectivity index (χ0n) is 20.8. The van der Waals surface area contributed by atoms with Crippen LogP contribution in [0.3, 0.4) is 0 Å². The molecule has 0 fully saturated rings. The SMILES string of the molecule is C=C/C=C/[C@H](CCC(O)C=C)[C@@H](C)CCOC(c1ccccc1)(c1ccccc1)c1ccccc1. The molecule has 0 aromatic heterocycles. The van der Waals surface area contributed by atoms with Gasteiger partial charge in [0, 0.05) is 6.61 Å². The van der Waals surface area contributed by atoms with Crippen molar-refractivity contribution in [3.05, 3.63) is 145 Å². The van der Waals surface area contributed by atoms with Crippen LogP contribution < -0.4 is 0 Å². The third-order valence-electron chi connectivity index (χ3n) is 6.73. The highest BCUT2D eigenvalue weighted by Crippen LogP contribution is 2.41. The molecule has 3 aromatic rings. The van der Waals surface area contributed by atoms with Gasteiger partial charge in [-0.2, -0.15) is 0 Å². The topological polar surface area (TPSA) is 29.5 Å². The zero-order chi connectivity index (χ0) is 24.9. The largest absolute Gasteiger partial charge is 0.389 e. The summed E-state index contributed by atoms with van der Waals surface area (Å²) in [4.78, 5) is 0. The van der Waals surface area contributed by atoms with E-state index in [2.05, 4.69) is 99.0 Å². The molecule has 0 aliphatic carbocycles. The van der Waals surface area contributed by atoms with Crippen molar-refractivity contribution >= 4 is 0 Å². The second kappa shape index (κ2) is 13.6. The Kier molecular flexibility index (Phi) is 10.3. The average molecular weight is 467 g/mol. The Morgan fingerprint density at radius 3 is 1.69 bits per heavy atom. The van der Waals surface area contributed by atoms with E-state index in [0.717, 1.165) is 29.5 Å². The van der Waals surface area contributed by atoms with Crippen LogP contribution in [0.25, 0.3) is 0 Å². The molecule has 0 amide bonds. The molecule has 1 N–H and O–H groups in total. The van der Waals surface area contributed by atoms with Crippen LogP contribution >= 0.6 is 0 Å². The van der Waals surface area contributed by atoms with Crippen molar-refractivity contribution in [3.8, 4) is 0 Å². The van der Waals surface area contributed by atoms with Crippen molar-refractivity contribution in [1.82, 2.24) is 0 Å². The molecule has 3 aromatic carbocycles. The lowest BCUT2D eigenvalue weighted by Crippen LogP contribution is -2.33. The number of hydrogen-bond acceptors (Lipinski definition) is 2. The van der Waals surface area contributed by atoms with E-state index in [1.165, 1.54) is 0 Å². The van der Waals surface area contributed by atoms with E-state index < -0.39 is 11.7 Å². The molecular formula is C33H38O2. The second-order valence-corrected chi connectivity index (χ2v) is 9.06. The predicted octanol–water partition coefficient (Wildman–Crippen LogP) is 7.71. The Labute approximate surface area is 211 Å². The van der Waals surface area contributed by atoms with E-state index in [-0.39, 0.29) is 0 Å². The third-order valence-corrected chi connectivity index (χ3v) is 6.73. The molecule has 0 saturated heterocycles. The highest BCUT2D eigenvalue weighted by molar-refractivity contribution is 5.47. The quantitative estimate of drug-likeness (QED) is 0.150. The number of hydrogen-bond donors (Lipinski definition) is 1. The van der Waals surface area contributed by atoms with Crippen molar-refractivity contribution in [1.29, 1.82) is 0 Å². The molecule has 2 nitrogen and oxygen atoms in total. The fraction of sp³-hybridized carbons (Fsp3) is 0.273. The second-order valence-electron chi connectivity index (χ2n) is 9.06. The first kappa shape index (κ1) is 26.4. The lowest BCUT2D eigenvalue weighted by atomic mass is 9.80. The minimum absolute atomic E-state index is 0.325. The lowest BCUT2D eigenvalue weighted by molar-refractivity contribution is 0.00404. The Morgan fingerprint density at radius 1 is 0.771 bits per heavy atom. The van der Waals surface area contributed by atoms with Crippen LogP contribution in [0.5, 0.6) is 0 Å². The van der Waals surface area contributed by atoms with Gasteiger partial charge < -0.3 is 9.84 Å². The summed E-state index contributed by atoms with van der Waals surface area (Å²) in [6.45, 7) is 10.4. The van der Waals surface area contributed by atoms with Gasteiger partial charge in [0.15, 0.2) is 0 Å². The van der Waals surface area contributed by atoms with Crippen LogP contribution in [-0.4, -0.2) is 17.8 Å². The van der Waals surface area contributed by atoms with Crippen molar-refractivity contribution in [2.24, 2.45) is 11.8 Å².